The summed E-state index contributed by atoms with van der Waals surface area (Å²) >= 11 is 0. The van der Waals surface area contributed by atoms with Gasteiger partial charge in [-0.05, 0) is 19.4 Å². The molecule has 0 aromatic carbocycles. The maximum atomic E-state index is 11.2. The zero-order valence-electron chi connectivity index (χ0n) is 8.37. The molecule has 0 bridgehead atoms. The van der Waals surface area contributed by atoms with Crippen molar-refractivity contribution in [1.82, 2.24) is 15.1 Å². The molecule has 1 aliphatic heterocycles. The quantitative estimate of drug-likeness (QED) is 0.640. The van der Waals surface area contributed by atoms with Gasteiger partial charge in [-0.2, -0.15) is 5.10 Å². The molecule has 14 heavy (non-hydrogen) atoms. The fraction of sp³-hybridized carbons (Fsp3) is 0.556. The van der Waals surface area contributed by atoms with Gasteiger partial charge in [-0.15, -0.1) is 0 Å². The Morgan fingerprint density at radius 2 is 2.36 bits per heavy atom. The Hall–Kier alpha value is -1.36. The summed E-state index contributed by atoms with van der Waals surface area (Å²) in [7, 11) is 0. The smallest absolute Gasteiger partial charge is 0.243 e. The third kappa shape index (κ3) is 1.21. The van der Waals surface area contributed by atoms with Gasteiger partial charge < -0.3 is 11.1 Å². The van der Waals surface area contributed by atoms with Gasteiger partial charge in [0.15, 0.2) is 0 Å². The number of nitrogens with one attached hydrogen (secondary N) is 1. The molecule has 76 valence electrons. The van der Waals surface area contributed by atoms with E-state index >= 15 is 0 Å². The molecule has 3 N–H and O–H groups in total. The van der Waals surface area contributed by atoms with Crippen LogP contribution in [0.1, 0.15) is 23.0 Å². The van der Waals surface area contributed by atoms with Crippen molar-refractivity contribution in [1.29, 1.82) is 0 Å². The van der Waals surface area contributed by atoms with Crippen LogP contribution in [0.2, 0.25) is 0 Å². The van der Waals surface area contributed by atoms with Gasteiger partial charge in [0.2, 0.25) is 5.91 Å². The lowest BCUT2D eigenvalue weighted by Crippen LogP contribution is -2.41. The van der Waals surface area contributed by atoms with Crippen molar-refractivity contribution in [2.24, 2.45) is 5.73 Å². The van der Waals surface area contributed by atoms with Crippen molar-refractivity contribution in [2.75, 3.05) is 6.54 Å². The summed E-state index contributed by atoms with van der Waals surface area (Å²) in [5, 5.41) is 7.49. The van der Waals surface area contributed by atoms with Crippen molar-refractivity contribution in [2.45, 2.75) is 26.4 Å². The van der Waals surface area contributed by atoms with Crippen LogP contribution in [-0.4, -0.2) is 22.2 Å². The first-order valence-electron chi connectivity index (χ1n) is 4.66. The molecule has 2 rings (SSSR count). The van der Waals surface area contributed by atoms with Gasteiger partial charge in [0.25, 0.3) is 0 Å². The van der Waals surface area contributed by atoms with Crippen LogP contribution in [0.15, 0.2) is 0 Å². The highest BCUT2D eigenvalue weighted by atomic mass is 16.1. The third-order valence-electron chi connectivity index (χ3n) is 2.76. The molecule has 1 aliphatic rings. The topological polar surface area (TPSA) is 72.9 Å². The number of aryl methyl sites for hydroxylation is 1. The number of rotatable bonds is 1. The van der Waals surface area contributed by atoms with Gasteiger partial charge in [-0.25, -0.2) is 0 Å². The van der Waals surface area contributed by atoms with Gasteiger partial charge in [-0.3, -0.25) is 9.48 Å². The molecular weight excluding hydrogens is 180 g/mol. The van der Waals surface area contributed by atoms with Crippen LogP contribution in [0.4, 0.5) is 0 Å². The summed E-state index contributed by atoms with van der Waals surface area (Å²) < 4.78 is 1.75. The molecule has 0 spiro atoms. The Morgan fingerprint density at radius 3 is 3.00 bits per heavy atom. The largest absolute Gasteiger partial charge is 0.368 e. The monoisotopic (exact) mass is 194 g/mol. The van der Waals surface area contributed by atoms with Crippen molar-refractivity contribution in [3.05, 3.63) is 17.0 Å². The number of hydrogen-bond acceptors (Lipinski definition) is 3. The van der Waals surface area contributed by atoms with Gasteiger partial charge in [0.05, 0.1) is 11.4 Å². The van der Waals surface area contributed by atoms with Crippen molar-refractivity contribution in [3.63, 3.8) is 0 Å². The molecule has 1 aromatic rings. The average Bonchev–Trinajstić information content (AvgIpc) is 2.43. The van der Waals surface area contributed by atoms with E-state index in [2.05, 4.69) is 10.4 Å². The molecule has 0 fully saturated rings. The Kier molecular flexibility index (Phi) is 2.03. The van der Waals surface area contributed by atoms with Crippen LogP contribution in [0.3, 0.4) is 0 Å². The van der Waals surface area contributed by atoms with E-state index in [4.69, 9.17) is 5.73 Å². The van der Waals surface area contributed by atoms with Crippen LogP contribution in [0.5, 0.6) is 0 Å². The Bertz CT molecular complexity index is 382. The predicted octanol–water partition coefficient (Wildman–Crippen LogP) is -0.370. The van der Waals surface area contributed by atoms with Gasteiger partial charge >= 0.3 is 0 Å². The fourth-order valence-corrected chi connectivity index (χ4v) is 1.78. The second-order valence-corrected chi connectivity index (χ2v) is 3.65. The molecule has 0 saturated carbocycles. The number of amides is 1. The molecule has 0 aliphatic carbocycles. The van der Waals surface area contributed by atoms with Crippen molar-refractivity contribution >= 4 is 5.91 Å². The summed E-state index contributed by atoms with van der Waals surface area (Å²) in [6.45, 7) is 5.29. The van der Waals surface area contributed by atoms with Crippen LogP contribution in [0.25, 0.3) is 0 Å². The highest BCUT2D eigenvalue weighted by Gasteiger charge is 2.26. The molecule has 1 atom stereocenters. The molecule has 5 heteroatoms. The normalized spacial score (nSPS) is 20.6. The van der Waals surface area contributed by atoms with E-state index in [1.54, 1.807) is 4.68 Å². The molecule has 1 amide bonds. The van der Waals surface area contributed by atoms with E-state index in [1.807, 2.05) is 13.8 Å². The highest BCUT2D eigenvalue weighted by Crippen LogP contribution is 2.20. The summed E-state index contributed by atoms with van der Waals surface area (Å²) in [6.07, 6.45) is 0. The van der Waals surface area contributed by atoms with Crippen molar-refractivity contribution in [3.8, 4) is 0 Å². The Labute approximate surface area is 82.3 Å². The molecule has 0 saturated heterocycles. The molecule has 2 heterocycles. The molecule has 1 unspecified atom stereocenters. The summed E-state index contributed by atoms with van der Waals surface area (Å²) in [5.41, 5.74) is 8.48. The number of primary amides is 1. The Morgan fingerprint density at radius 1 is 1.64 bits per heavy atom. The number of fused-ring (bicyclic) bond motifs is 1. The van der Waals surface area contributed by atoms with Crippen LogP contribution in [0, 0.1) is 13.8 Å². The lowest BCUT2D eigenvalue weighted by molar-refractivity contribution is -0.121. The number of carbonyl (C=O) groups is 1. The lowest BCUT2D eigenvalue weighted by atomic mass is 10.1. The number of hydrogen-bond donors (Lipinski definition) is 2. The summed E-state index contributed by atoms with van der Waals surface area (Å²) in [6, 6.07) is -0.342. The number of nitrogens with two attached hydrogens (primary N) is 1. The number of nitrogens with zero attached hydrogens (tertiary/aromatic N) is 2. The molecule has 5 nitrogen and oxygen atoms in total. The van der Waals surface area contributed by atoms with E-state index in [9.17, 15) is 4.79 Å². The summed E-state index contributed by atoms with van der Waals surface area (Å²) in [5.74, 6) is -0.332. The fourth-order valence-electron chi connectivity index (χ4n) is 1.78. The van der Waals surface area contributed by atoms with Gasteiger partial charge in [0.1, 0.15) is 6.04 Å². The van der Waals surface area contributed by atoms with E-state index < -0.39 is 0 Å². The van der Waals surface area contributed by atoms with E-state index in [1.165, 1.54) is 0 Å². The minimum absolute atomic E-state index is 0.332. The second-order valence-electron chi connectivity index (χ2n) is 3.65. The third-order valence-corrected chi connectivity index (χ3v) is 2.76. The van der Waals surface area contributed by atoms with E-state index in [0.717, 1.165) is 23.5 Å². The summed E-state index contributed by atoms with van der Waals surface area (Å²) in [4.78, 5) is 11.2. The first-order valence-corrected chi connectivity index (χ1v) is 4.66. The number of aromatic nitrogens is 2. The van der Waals surface area contributed by atoms with Crippen LogP contribution in [-0.2, 0) is 11.3 Å². The standard InChI is InChI=1S/C9H14N4O/c1-5-6(2)12-13-7(5)3-11-4-8(13)9(10)14/h8,11H,3-4H2,1-2H3,(H2,10,14). The Balaban J connectivity index is 2.50. The number of carbonyl (C=O) groups excluding carboxylic acids is 1. The lowest BCUT2D eigenvalue weighted by Gasteiger charge is -2.23. The predicted molar refractivity (Wildman–Crippen MR) is 51.6 cm³/mol. The van der Waals surface area contributed by atoms with Gasteiger partial charge in [-0.1, -0.05) is 0 Å². The van der Waals surface area contributed by atoms with Crippen LogP contribution >= 0.6 is 0 Å². The minimum Gasteiger partial charge on any atom is -0.368 e. The molecule has 0 radical (unpaired) electrons. The SMILES string of the molecule is Cc1nn2c(c1C)CNCC2C(N)=O. The van der Waals surface area contributed by atoms with E-state index in [0.29, 0.717) is 6.54 Å². The zero-order chi connectivity index (χ0) is 10.3. The molecular formula is C9H14N4O. The maximum Gasteiger partial charge on any atom is 0.243 e. The van der Waals surface area contributed by atoms with Crippen molar-refractivity contribution < 1.29 is 4.79 Å². The first-order chi connectivity index (χ1) is 6.61. The van der Waals surface area contributed by atoms with Crippen LogP contribution < -0.4 is 11.1 Å². The first kappa shape index (κ1) is 9.21. The highest BCUT2D eigenvalue weighted by molar-refractivity contribution is 5.78. The molecule has 1 aromatic heterocycles. The maximum absolute atomic E-state index is 11.2. The van der Waals surface area contributed by atoms with E-state index in [-0.39, 0.29) is 11.9 Å². The van der Waals surface area contributed by atoms with Gasteiger partial charge in [0, 0.05) is 13.1 Å². The second kappa shape index (κ2) is 3.09. The zero-order valence-corrected chi connectivity index (χ0v) is 8.37. The minimum atomic E-state index is -0.342. The average molecular weight is 194 g/mol.